The molecule has 5 nitrogen and oxygen atoms in total. The zero-order chi connectivity index (χ0) is 14.7. The van der Waals surface area contributed by atoms with Gasteiger partial charge in [-0.05, 0) is 38.8 Å². The van der Waals surface area contributed by atoms with Gasteiger partial charge in [0.15, 0.2) is 0 Å². The normalized spacial score (nSPS) is 20.0. The van der Waals surface area contributed by atoms with Crippen molar-refractivity contribution >= 4 is 11.7 Å². The second-order valence-electron chi connectivity index (χ2n) is 5.49. The fraction of sp³-hybridized carbons (Fsp3) is 0.467. The zero-order valence-electron chi connectivity index (χ0n) is 12.0. The summed E-state index contributed by atoms with van der Waals surface area (Å²) < 4.78 is 0. The molecule has 1 saturated heterocycles. The first-order chi connectivity index (χ1) is 9.51. The van der Waals surface area contributed by atoms with Crippen LogP contribution in [0.25, 0.3) is 0 Å². The number of piperidine rings is 1. The smallest absolute Gasteiger partial charge is 0.253 e. The molecule has 1 aromatic carbocycles. The predicted octanol–water partition coefficient (Wildman–Crippen LogP) is 1.90. The van der Waals surface area contributed by atoms with Gasteiger partial charge in [0.2, 0.25) is 0 Å². The SMILES string of the molecule is Cc1cc(C)cc(C(=O)N2CCCC(C(N)=NO)C2)c1. The molecule has 1 amide bonds. The second-order valence-corrected chi connectivity index (χ2v) is 5.49. The van der Waals surface area contributed by atoms with Gasteiger partial charge in [-0.15, -0.1) is 0 Å². The highest BCUT2D eigenvalue weighted by molar-refractivity contribution is 5.95. The first-order valence-electron chi connectivity index (χ1n) is 6.86. The van der Waals surface area contributed by atoms with Crippen LogP contribution >= 0.6 is 0 Å². The van der Waals surface area contributed by atoms with Crippen molar-refractivity contribution in [2.24, 2.45) is 16.8 Å². The van der Waals surface area contributed by atoms with Crippen LogP contribution in [0.5, 0.6) is 0 Å². The molecule has 1 unspecified atom stereocenters. The molecule has 1 aromatic rings. The molecule has 1 fully saturated rings. The molecule has 1 heterocycles. The quantitative estimate of drug-likeness (QED) is 0.374. The van der Waals surface area contributed by atoms with Crippen molar-refractivity contribution < 1.29 is 10.0 Å². The summed E-state index contributed by atoms with van der Waals surface area (Å²) in [6.45, 7) is 5.21. The summed E-state index contributed by atoms with van der Waals surface area (Å²) in [5.41, 5.74) is 8.53. The summed E-state index contributed by atoms with van der Waals surface area (Å²) >= 11 is 0. The van der Waals surface area contributed by atoms with Gasteiger partial charge in [-0.1, -0.05) is 22.3 Å². The van der Waals surface area contributed by atoms with Gasteiger partial charge in [-0.2, -0.15) is 0 Å². The number of nitrogens with two attached hydrogens (primary N) is 1. The van der Waals surface area contributed by atoms with E-state index in [1.165, 1.54) is 0 Å². The van der Waals surface area contributed by atoms with Gasteiger partial charge in [-0.3, -0.25) is 4.79 Å². The van der Waals surface area contributed by atoms with Crippen LogP contribution in [0, 0.1) is 19.8 Å². The molecule has 0 spiro atoms. The van der Waals surface area contributed by atoms with E-state index >= 15 is 0 Å². The summed E-state index contributed by atoms with van der Waals surface area (Å²) in [5.74, 6) is 0.179. The van der Waals surface area contributed by atoms with Crippen LogP contribution in [0.15, 0.2) is 23.4 Å². The summed E-state index contributed by atoms with van der Waals surface area (Å²) in [7, 11) is 0. The van der Waals surface area contributed by atoms with E-state index in [4.69, 9.17) is 10.9 Å². The summed E-state index contributed by atoms with van der Waals surface area (Å²) in [5, 5.41) is 11.8. The number of nitrogens with zero attached hydrogens (tertiary/aromatic N) is 2. The van der Waals surface area contributed by atoms with Crippen molar-refractivity contribution in [1.29, 1.82) is 0 Å². The molecule has 0 aromatic heterocycles. The first kappa shape index (κ1) is 14.4. The van der Waals surface area contributed by atoms with Crippen LogP contribution in [0.1, 0.15) is 34.3 Å². The number of oxime groups is 1. The molecule has 1 atom stereocenters. The van der Waals surface area contributed by atoms with Crippen molar-refractivity contribution in [3.8, 4) is 0 Å². The van der Waals surface area contributed by atoms with Gasteiger partial charge in [0.25, 0.3) is 5.91 Å². The lowest BCUT2D eigenvalue weighted by Crippen LogP contribution is -2.44. The molecular formula is C15H21N3O2. The first-order valence-corrected chi connectivity index (χ1v) is 6.86. The molecule has 0 bridgehead atoms. The highest BCUT2D eigenvalue weighted by Gasteiger charge is 2.27. The number of likely N-dealkylation sites (tertiary alicyclic amines) is 1. The van der Waals surface area contributed by atoms with E-state index < -0.39 is 0 Å². The Morgan fingerprint density at radius 3 is 2.60 bits per heavy atom. The standard InChI is InChI=1S/C15H21N3O2/c1-10-6-11(2)8-13(7-10)15(19)18-5-3-4-12(9-18)14(16)17-20/h6-8,12,20H,3-5,9H2,1-2H3,(H2,16,17). The molecule has 108 valence electrons. The maximum absolute atomic E-state index is 12.5. The summed E-state index contributed by atoms with van der Waals surface area (Å²) in [6, 6.07) is 5.86. The summed E-state index contributed by atoms with van der Waals surface area (Å²) in [4.78, 5) is 14.3. The van der Waals surface area contributed by atoms with Crippen LogP contribution in [0.4, 0.5) is 0 Å². The molecule has 2 rings (SSSR count). The van der Waals surface area contributed by atoms with E-state index in [1.54, 1.807) is 4.90 Å². The largest absolute Gasteiger partial charge is 0.409 e. The van der Waals surface area contributed by atoms with Crippen LogP contribution in [-0.2, 0) is 0 Å². The van der Waals surface area contributed by atoms with E-state index in [1.807, 2.05) is 32.0 Å². The maximum atomic E-state index is 12.5. The van der Waals surface area contributed by atoms with Gasteiger partial charge >= 0.3 is 0 Å². The third-order valence-electron chi connectivity index (χ3n) is 3.71. The summed E-state index contributed by atoms with van der Waals surface area (Å²) in [6.07, 6.45) is 1.73. The van der Waals surface area contributed by atoms with Crippen molar-refractivity contribution in [2.45, 2.75) is 26.7 Å². The lowest BCUT2D eigenvalue weighted by Gasteiger charge is -2.32. The van der Waals surface area contributed by atoms with E-state index in [9.17, 15) is 4.79 Å². The van der Waals surface area contributed by atoms with Gasteiger partial charge in [-0.25, -0.2) is 0 Å². The van der Waals surface area contributed by atoms with Crippen LogP contribution < -0.4 is 5.73 Å². The Morgan fingerprint density at radius 1 is 1.35 bits per heavy atom. The average Bonchev–Trinajstić information content (AvgIpc) is 2.44. The fourth-order valence-corrected chi connectivity index (χ4v) is 2.77. The second kappa shape index (κ2) is 5.94. The number of amides is 1. The Hall–Kier alpha value is -2.04. The average molecular weight is 275 g/mol. The van der Waals surface area contributed by atoms with Gasteiger partial charge in [0, 0.05) is 24.6 Å². The molecule has 1 aliphatic heterocycles. The van der Waals surface area contributed by atoms with Gasteiger partial charge in [0.1, 0.15) is 5.84 Å². The highest BCUT2D eigenvalue weighted by atomic mass is 16.4. The molecule has 1 aliphatic rings. The van der Waals surface area contributed by atoms with Gasteiger partial charge in [0.05, 0.1) is 0 Å². The molecule has 0 aliphatic carbocycles. The highest BCUT2D eigenvalue weighted by Crippen LogP contribution is 2.20. The van der Waals surface area contributed by atoms with Crippen LogP contribution in [0.2, 0.25) is 0 Å². The predicted molar refractivity (Wildman–Crippen MR) is 78.0 cm³/mol. The maximum Gasteiger partial charge on any atom is 0.253 e. The molecular weight excluding hydrogens is 254 g/mol. The molecule has 3 N–H and O–H groups in total. The minimum Gasteiger partial charge on any atom is -0.409 e. The van der Waals surface area contributed by atoms with E-state index in [0.717, 1.165) is 30.5 Å². The number of hydrogen-bond acceptors (Lipinski definition) is 3. The van der Waals surface area contributed by atoms with Crippen LogP contribution in [-0.4, -0.2) is 34.9 Å². The number of aryl methyl sites for hydroxylation is 2. The number of carbonyl (C=O) groups excluding carboxylic acids is 1. The van der Waals surface area contributed by atoms with E-state index in [0.29, 0.717) is 12.1 Å². The van der Waals surface area contributed by atoms with E-state index in [-0.39, 0.29) is 17.7 Å². The number of benzene rings is 1. The van der Waals surface area contributed by atoms with Gasteiger partial charge < -0.3 is 15.8 Å². The fourth-order valence-electron chi connectivity index (χ4n) is 2.77. The number of hydrogen-bond donors (Lipinski definition) is 2. The Kier molecular flexibility index (Phi) is 4.27. The lowest BCUT2D eigenvalue weighted by atomic mass is 9.96. The van der Waals surface area contributed by atoms with Crippen molar-refractivity contribution in [1.82, 2.24) is 4.90 Å². The topological polar surface area (TPSA) is 78.9 Å². The minimum atomic E-state index is -0.0522. The minimum absolute atomic E-state index is 0.0206. The third-order valence-corrected chi connectivity index (χ3v) is 3.71. The number of amidine groups is 1. The van der Waals surface area contributed by atoms with E-state index in [2.05, 4.69) is 5.16 Å². The van der Waals surface area contributed by atoms with Crippen molar-refractivity contribution in [3.63, 3.8) is 0 Å². The van der Waals surface area contributed by atoms with Crippen molar-refractivity contribution in [3.05, 3.63) is 34.9 Å². The van der Waals surface area contributed by atoms with Crippen molar-refractivity contribution in [2.75, 3.05) is 13.1 Å². The molecule has 20 heavy (non-hydrogen) atoms. The Balaban J connectivity index is 2.16. The number of rotatable bonds is 2. The van der Waals surface area contributed by atoms with Crippen LogP contribution in [0.3, 0.4) is 0 Å². The monoisotopic (exact) mass is 275 g/mol. The Morgan fingerprint density at radius 2 is 2.00 bits per heavy atom. The number of carbonyl (C=O) groups is 1. The Labute approximate surface area is 119 Å². The molecule has 0 radical (unpaired) electrons. The third kappa shape index (κ3) is 3.10. The molecule has 0 saturated carbocycles. The zero-order valence-corrected chi connectivity index (χ0v) is 12.0. The Bertz CT molecular complexity index is 520. The molecule has 5 heteroatoms. The lowest BCUT2D eigenvalue weighted by molar-refractivity contribution is 0.0701.